The van der Waals surface area contributed by atoms with Crippen molar-refractivity contribution in [3.05, 3.63) is 64.9 Å². The predicted octanol–water partition coefficient (Wildman–Crippen LogP) is 4.22. The molecule has 2 aromatic carbocycles. The predicted molar refractivity (Wildman–Crippen MR) is 77.3 cm³/mol. The van der Waals surface area contributed by atoms with Crippen molar-refractivity contribution in [1.82, 2.24) is 0 Å². The molecule has 0 radical (unpaired) electrons. The lowest BCUT2D eigenvalue weighted by Crippen LogP contribution is -2.14. The van der Waals surface area contributed by atoms with Gasteiger partial charge < -0.3 is 5.32 Å². The van der Waals surface area contributed by atoms with Gasteiger partial charge in [-0.05, 0) is 36.1 Å². The van der Waals surface area contributed by atoms with E-state index < -0.39 is 5.82 Å². The van der Waals surface area contributed by atoms with Crippen molar-refractivity contribution in [2.24, 2.45) is 5.92 Å². The van der Waals surface area contributed by atoms with Crippen molar-refractivity contribution >= 4 is 23.2 Å². The number of carbonyl (C=O) groups is 1. The maximum Gasteiger partial charge on any atom is 0.228 e. The average molecular weight is 290 g/mol. The zero-order valence-electron chi connectivity index (χ0n) is 10.6. The molecule has 0 aliphatic heterocycles. The molecule has 1 aliphatic rings. The van der Waals surface area contributed by atoms with Crippen molar-refractivity contribution in [2.75, 3.05) is 5.32 Å². The van der Waals surface area contributed by atoms with E-state index in [2.05, 4.69) is 5.32 Å². The molecule has 0 bridgehead atoms. The van der Waals surface area contributed by atoms with E-state index >= 15 is 0 Å². The van der Waals surface area contributed by atoms with E-state index in [9.17, 15) is 9.18 Å². The first-order valence-corrected chi connectivity index (χ1v) is 6.84. The minimum atomic E-state index is -0.488. The molecule has 0 heterocycles. The van der Waals surface area contributed by atoms with E-state index in [1.165, 1.54) is 23.8 Å². The second kappa shape index (κ2) is 5.25. The van der Waals surface area contributed by atoms with Gasteiger partial charge in [-0.3, -0.25) is 4.79 Å². The fourth-order valence-corrected chi connectivity index (χ4v) is 2.54. The van der Waals surface area contributed by atoms with Gasteiger partial charge in [-0.25, -0.2) is 4.39 Å². The van der Waals surface area contributed by atoms with E-state index in [1.54, 1.807) is 0 Å². The molecule has 2 atom stereocenters. The second-order valence-corrected chi connectivity index (χ2v) is 5.38. The van der Waals surface area contributed by atoms with Gasteiger partial charge in [0.2, 0.25) is 5.91 Å². The van der Waals surface area contributed by atoms with Crippen molar-refractivity contribution in [3.8, 4) is 0 Å². The van der Waals surface area contributed by atoms with Crippen LogP contribution in [0, 0.1) is 11.7 Å². The Kier molecular flexibility index (Phi) is 3.45. The third-order valence-corrected chi connectivity index (χ3v) is 3.83. The van der Waals surface area contributed by atoms with Crippen LogP contribution in [0.15, 0.2) is 48.5 Å². The average Bonchev–Trinajstić information content (AvgIpc) is 3.24. The van der Waals surface area contributed by atoms with E-state index in [0.29, 0.717) is 5.69 Å². The van der Waals surface area contributed by atoms with Gasteiger partial charge in [0, 0.05) is 11.6 Å². The summed E-state index contributed by atoms with van der Waals surface area (Å²) in [6.45, 7) is 0. The molecule has 0 spiro atoms. The lowest BCUT2D eigenvalue weighted by Gasteiger charge is -2.06. The molecule has 2 aromatic rings. The number of benzene rings is 2. The summed E-state index contributed by atoms with van der Waals surface area (Å²) in [5, 5.41) is 2.79. The van der Waals surface area contributed by atoms with Crippen molar-refractivity contribution in [3.63, 3.8) is 0 Å². The number of carbonyl (C=O) groups excluding carboxylic acids is 1. The lowest BCUT2D eigenvalue weighted by molar-refractivity contribution is -0.117. The Bertz CT molecular complexity index is 644. The van der Waals surface area contributed by atoms with Gasteiger partial charge in [-0.1, -0.05) is 41.9 Å². The highest BCUT2D eigenvalue weighted by Gasteiger charge is 2.43. The highest BCUT2D eigenvalue weighted by atomic mass is 35.5. The zero-order valence-corrected chi connectivity index (χ0v) is 11.4. The summed E-state index contributed by atoms with van der Waals surface area (Å²) in [6.07, 6.45) is 0.852. The number of amides is 1. The molecule has 0 saturated heterocycles. The van der Waals surface area contributed by atoms with Gasteiger partial charge in [0.1, 0.15) is 5.82 Å². The van der Waals surface area contributed by atoms with E-state index in [-0.39, 0.29) is 22.8 Å². The number of nitrogens with one attached hydrogen (secondary N) is 1. The Morgan fingerprint density at radius 1 is 1.20 bits per heavy atom. The smallest absolute Gasteiger partial charge is 0.228 e. The number of rotatable bonds is 3. The van der Waals surface area contributed by atoms with Gasteiger partial charge in [0.15, 0.2) is 0 Å². The van der Waals surface area contributed by atoms with Gasteiger partial charge in [0.05, 0.1) is 5.02 Å². The number of anilines is 1. The van der Waals surface area contributed by atoms with Crippen LogP contribution in [0.4, 0.5) is 10.1 Å². The van der Waals surface area contributed by atoms with Crippen LogP contribution in [0.2, 0.25) is 5.02 Å². The van der Waals surface area contributed by atoms with Gasteiger partial charge in [0.25, 0.3) is 0 Å². The summed E-state index contributed by atoms with van der Waals surface area (Å²) in [5.41, 5.74) is 1.71. The fraction of sp³-hybridized carbons (Fsp3) is 0.188. The molecule has 102 valence electrons. The van der Waals surface area contributed by atoms with Crippen LogP contribution in [0.1, 0.15) is 17.9 Å². The lowest BCUT2D eigenvalue weighted by atomic mass is 10.1. The molecule has 1 amide bonds. The first-order chi connectivity index (χ1) is 9.65. The van der Waals surface area contributed by atoms with Crippen molar-refractivity contribution < 1.29 is 9.18 Å². The van der Waals surface area contributed by atoms with E-state index in [4.69, 9.17) is 11.6 Å². The third kappa shape index (κ3) is 2.68. The van der Waals surface area contributed by atoms with Crippen LogP contribution in [0.5, 0.6) is 0 Å². The quantitative estimate of drug-likeness (QED) is 0.900. The van der Waals surface area contributed by atoms with Gasteiger partial charge in [-0.2, -0.15) is 0 Å². The second-order valence-electron chi connectivity index (χ2n) is 4.98. The minimum absolute atomic E-state index is 0.0122. The molecule has 1 fully saturated rings. The summed E-state index contributed by atoms with van der Waals surface area (Å²) in [7, 11) is 0. The number of hydrogen-bond donors (Lipinski definition) is 1. The van der Waals surface area contributed by atoms with Crippen LogP contribution < -0.4 is 5.32 Å². The molecular weight excluding hydrogens is 277 g/mol. The highest BCUT2D eigenvalue weighted by molar-refractivity contribution is 6.31. The van der Waals surface area contributed by atoms with Gasteiger partial charge in [-0.15, -0.1) is 0 Å². The molecule has 0 aromatic heterocycles. The monoisotopic (exact) mass is 289 g/mol. The highest BCUT2D eigenvalue weighted by Crippen LogP contribution is 2.47. The first kappa shape index (κ1) is 13.1. The standard InChI is InChI=1S/C16H13ClFNO/c17-14-8-11(6-7-15(14)18)19-16(20)13-9-12(13)10-4-2-1-3-5-10/h1-8,12-13H,9H2,(H,19,20). The number of hydrogen-bond acceptors (Lipinski definition) is 1. The molecule has 1 aliphatic carbocycles. The van der Waals surface area contributed by atoms with Gasteiger partial charge >= 0.3 is 0 Å². The molecule has 2 unspecified atom stereocenters. The van der Waals surface area contributed by atoms with E-state index in [0.717, 1.165) is 6.42 Å². The Morgan fingerprint density at radius 3 is 2.65 bits per heavy atom. The molecule has 20 heavy (non-hydrogen) atoms. The Morgan fingerprint density at radius 2 is 1.95 bits per heavy atom. The zero-order chi connectivity index (χ0) is 14.1. The van der Waals surface area contributed by atoms with Crippen LogP contribution in [0.25, 0.3) is 0 Å². The van der Waals surface area contributed by atoms with Crippen LogP contribution in [-0.4, -0.2) is 5.91 Å². The summed E-state index contributed by atoms with van der Waals surface area (Å²) >= 11 is 5.69. The first-order valence-electron chi connectivity index (χ1n) is 6.46. The Labute approximate surface area is 121 Å². The maximum absolute atomic E-state index is 13.0. The summed E-state index contributed by atoms with van der Waals surface area (Å²) in [6, 6.07) is 14.2. The largest absolute Gasteiger partial charge is 0.326 e. The van der Waals surface area contributed by atoms with Crippen LogP contribution in [0.3, 0.4) is 0 Å². The molecule has 3 rings (SSSR count). The topological polar surface area (TPSA) is 29.1 Å². The summed E-state index contributed by atoms with van der Waals surface area (Å²) in [5.74, 6) is -0.256. The fourth-order valence-electron chi connectivity index (χ4n) is 2.36. The maximum atomic E-state index is 13.0. The minimum Gasteiger partial charge on any atom is -0.326 e. The molecule has 1 N–H and O–H groups in total. The Balaban J connectivity index is 1.65. The van der Waals surface area contributed by atoms with Crippen molar-refractivity contribution in [1.29, 1.82) is 0 Å². The third-order valence-electron chi connectivity index (χ3n) is 3.54. The van der Waals surface area contributed by atoms with Crippen LogP contribution in [-0.2, 0) is 4.79 Å². The summed E-state index contributed by atoms with van der Waals surface area (Å²) in [4.78, 5) is 12.1. The molecule has 4 heteroatoms. The van der Waals surface area contributed by atoms with E-state index in [1.807, 2.05) is 30.3 Å². The molecular formula is C16H13ClFNO. The summed E-state index contributed by atoms with van der Waals surface area (Å²) < 4.78 is 13.0. The SMILES string of the molecule is O=C(Nc1ccc(F)c(Cl)c1)C1CC1c1ccccc1. The van der Waals surface area contributed by atoms with Crippen molar-refractivity contribution in [2.45, 2.75) is 12.3 Å². The Hall–Kier alpha value is -1.87. The normalized spacial score (nSPS) is 20.5. The number of halogens is 2. The molecule has 2 nitrogen and oxygen atoms in total. The molecule has 1 saturated carbocycles. The van der Waals surface area contributed by atoms with Crippen LogP contribution >= 0.6 is 11.6 Å².